The molecule has 0 unspecified atom stereocenters. The monoisotopic (exact) mass is 274 g/mol. The molecular weight excluding hydrogens is 263 g/mol. The van der Waals surface area contributed by atoms with Crippen LogP contribution >= 0.6 is 0 Å². The van der Waals surface area contributed by atoms with Gasteiger partial charge in [0, 0.05) is 18.7 Å². The van der Waals surface area contributed by atoms with Crippen molar-refractivity contribution in [1.82, 2.24) is 4.72 Å². The Morgan fingerprint density at radius 3 is 2.61 bits per heavy atom. The summed E-state index contributed by atoms with van der Waals surface area (Å²) in [5.41, 5.74) is 0.0825. The van der Waals surface area contributed by atoms with E-state index in [1.54, 1.807) is 0 Å². The van der Waals surface area contributed by atoms with Gasteiger partial charge >= 0.3 is 5.97 Å². The van der Waals surface area contributed by atoms with Gasteiger partial charge in [0.25, 0.3) is 10.2 Å². The highest BCUT2D eigenvalue weighted by Crippen LogP contribution is 2.16. The molecule has 0 fully saturated rings. The van der Waals surface area contributed by atoms with Gasteiger partial charge in [-0.1, -0.05) is 0 Å². The summed E-state index contributed by atoms with van der Waals surface area (Å²) in [6.45, 7) is 0. The number of carboxylic acids is 1. The van der Waals surface area contributed by atoms with Gasteiger partial charge in [-0.2, -0.15) is 8.42 Å². The van der Waals surface area contributed by atoms with Gasteiger partial charge in [-0.05, 0) is 24.3 Å². The maximum absolute atomic E-state index is 13.5. The Bertz CT molecular complexity index is 584. The Labute approximate surface area is 103 Å². The molecule has 0 heterocycles. The first-order chi connectivity index (χ1) is 8.34. The number of anilines is 1. The molecule has 1 rings (SSSR count). The van der Waals surface area contributed by atoms with Gasteiger partial charge in [0.1, 0.15) is 5.82 Å². The minimum Gasteiger partial charge on any atom is -0.478 e. The van der Waals surface area contributed by atoms with Crippen molar-refractivity contribution in [1.29, 1.82) is 0 Å². The van der Waals surface area contributed by atoms with Crippen LogP contribution in [0.25, 0.3) is 6.08 Å². The van der Waals surface area contributed by atoms with E-state index in [4.69, 9.17) is 5.11 Å². The third-order valence-corrected chi connectivity index (χ3v) is 2.97. The first kappa shape index (κ1) is 14.1. The number of carbonyl (C=O) groups is 1. The van der Waals surface area contributed by atoms with Crippen LogP contribution < -0.4 is 9.44 Å². The van der Waals surface area contributed by atoms with Crippen molar-refractivity contribution in [3.63, 3.8) is 0 Å². The van der Waals surface area contributed by atoms with Gasteiger partial charge in [-0.3, -0.25) is 4.72 Å². The van der Waals surface area contributed by atoms with Gasteiger partial charge in [-0.25, -0.2) is 13.9 Å². The summed E-state index contributed by atoms with van der Waals surface area (Å²) in [6.07, 6.45) is 1.86. The predicted octanol–water partition coefficient (Wildman–Crippen LogP) is 0.800. The zero-order chi connectivity index (χ0) is 13.8. The Kier molecular flexibility index (Phi) is 4.40. The smallest absolute Gasteiger partial charge is 0.328 e. The molecule has 6 nitrogen and oxygen atoms in total. The fraction of sp³-hybridized carbons (Fsp3) is 0.100. The van der Waals surface area contributed by atoms with Crippen molar-refractivity contribution in [2.45, 2.75) is 0 Å². The zero-order valence-electron chi connectivity index (χ0n) is 9.34. The van der Waals surface area contributed by atoms with Crippen molar-refractivity contribution in [3.05, 3.63) is 35.7 Å². The van der Waals surface area contributed by atoms with Crippen LogP contribution in [0, 0.1) is 5.82 Å². The molecule has 0 aliphatic rings. The summed E-state index contributed by atoms with van der Waals surface area (Å²) in [6, 6.07) is 3.54. The Morgan fingerprint density at radius 1 is 1.44 bits per heavy atom. The van der Waals surface area contributed by atoms with Gasteiger partial charge in [0.15, 0.2) is 0 Å². The van der Waals surface area contributed by atoms with Gasteiger partial charge in [-0.15, -0.1) is 0 Å². The lowest BCUT2D eigenvalue weighted by atomic mass is 10.2. The number of benzene rings is 1. The number of halogens is 1. The minimum atomic E-state index is -3.71. The van der Waals surface area contributed by atoms with E-state index >= 15 is 0 Å². The summed E-state index contributed by atoms with van der Waals surface area (Å²) < 4.78 is 39.9. The Morgan fingerprint density at radius 2 is 2.11 bits per heavy atom. The molecule has 0 atom stereocenters. The van der Waals surface area contributed by atoms with Crippen molar-refractivity contribution < 1.29 is 22.7 Å². The highest BCUT2D eigenvalue weighted by molar-refractivity contribution is 7.90. The van der Waals surface area contributed by atoms with Crippen LogP contribution in [0.4, 0.5) is 10.1 Å². The summed E-state index contributed by atoms with van der Waals surface area (Å²) in [5.74, 6) is -1.93. The first-order valence-electron chi connectivity index (χ1n) is 4.76. The normalized spacial score (nSPS) is 11.7. The fourth-order valence-corrected chi connectivity index (χ4v) is 1.63. The molecule has 0 saturated carbocycles. The summed E-state index contributed by atoms with van der Waals surface area (Å²) >= 11 is 0. The zero-order valence-corrected chi connectivity index (χ0v) is 10.2. The Hall–Kier alpha value is -1.93. The van der Waals surface area contributed by atoms with E-state index in [1.165, 1.54) is 19.2 Å². The van der Waals surface area contributed by atoms with E-state index in [-0.39, 0.29) is 11.3 Å². The molecule has 0 spiro atoms. The van der Waals surface area contributed by atoms with E-state index in [1.807, 2.05) is 4.72 Å². The Balaban J connectivity index is 2.96. The van der Waals surface area contributed by atoms with Crippen LogP contribution in [0.15, 0.2) is 24.3 Å². The van der Waals surface area contributed by atoms with Crippen LogP contribution in [0.3, 0.4) is 0 Å². The minimum absolute atomic E-state index is 0.0364. The number of nitrogens with one attached hydrogen (secondary N) is 2. The van der Waals surface area contributed by atoms with E-state index in [0.717, 1.165) is 18.2 Å². The quantitative estimate of drug-likeness (QED) is 0.692. The average molecular weight is 274 g/mol. The fourth-order valence-electron chi connectivity index (χ4n) is 1.09. The van der Waals surface area contributed by atoms with E-state index in [0.29, 0.717) is 0 Å². The van der Waals surface area contributed by atoms with Gasteiger partial charge in [0.05, 0.1) is 5.69 Å². The molecule has 0 aliphatic carbocycles. The second-order valence-electron chi connectivity index (χ2n) is 3.22. The number of rotatable bonds is 5. The third-order valence-electron chi connectivity index (χ3n) is 1.93. The average Bonchev–Trinajstić information content (AvgIpc) is 2.27. The molecule has 8 heteroatoms. The molecule has 18 heavy (non-hydrogen) atoms. The predicted molar refractivity (Wildman–Crippen MR) is 64.7 cm³/mol. The molecule has 1 aromatic rings. The van der Waals surface area contributed by atoms with E-state index in [2.05, 4.69) is 4.72 Å². The van der Waals surface area contributed by atoms with Crippen LogP contribution in [-0.2, 0) is 15.0 Å². The van der Waals surface area contributed by atoms with Crippen LogP contribution in [0.5, 0.6) is 0 Å². The maximum Gasteiger partial charge on any atom is 0.328 e. The number of carboxylic acid groups (broad SMARTS) is 1. The van der Waals surface area contributed by atoms with Crippen LogP contribution in [-0.4, -0.2) is 26.5 Å². The second kappa shape index (κ2) is 5.61. The lowest BCUT2D eigenvalue weighted by Gasteiger charge is -2.07. The molecule has 0 saturated heterocycles. The molecule has 0 radical (unpaired) electrons. The molecule has 98 valence electrons. The topological polar surface area (TPSA) is 95.5 Å². The number of aliphatic carboxylic acids is 1. The van der Waals surface area contributed by atoms with Crippen molar-refractivity contribution in [2.75, 3.05) is 11.8 Å². The van der Waals surface area contributed by atoms with Gasteiger partial charge < -0.3 is 5.11 Å². The van der Waals surface area contributed by atoms with Crippen molar-refractivity contribution >= 4 is 27.9 Å². The SMILES string of the molecule is CNS(=O)(=O)Nc1ccc(/C=C/C(=O)O)c(F)c1. The largest absolute Gasteiger partial charge is 0.478 e. The molecule has 0 bridgehead atoms. The summed E-state index contributed by atoms with van der Waals surface area (Å²) in [5, 5.41) is 8.40. The summed E-state index contributed by atoms with van der Waals surface area (Å²) in [7, 11) is -2.50. The molecule has 0 amide bonds. The molecular formula is C10H11FN2O4S. The molecule has 1 aromatic carbocycles. The van der Waals surface area contributed by atoms with E-state index < -0.39 is 22.0 Å². The standard InChI is InChI=1S/C10H11FN2O4S/c1-12-18(16,17)13-8-4-2-7(9(11)6-8)3-5-10(14)15/h2-6,12-13H,1H3,(H,14,15)/b5-3+. The maximum atomic E-state index is 13.5. The van der Waals surface area contributed by atoms with Crippen molar-refractivity contribution in [3.8, 4) is 0 Å². The van der Waals surface area contributed by atoms with E-state index in [9.17, 15) is 17.6 Å². The third kappa shape index (κ3) is 4.15. The summed E-state index contributed by atoms with van der Waals surface area (Å²) in [4.78, 5) is 10.3. The van der Waals surface area contributed by atoms with Crippen LogP contribution in [0.1, 0.15) is 5.56 Å². The first-order valence-corrected chi connectivity index (χ1v) is 6.24. The lowest BCUT2D eigenvalue weighted by Crippen LogP contribution is -2.26. The lowest BCUT2D eigenvalue weighted by molar-refractivity contribution is -0.131. The van der Waals surface area contributed by atoms with Crippen molar-refractivity contribution in [2.24, 2.45) is 0 Å². The highest BCUT2D eigenvalue weighted by Gasteiger charge is 2.08. The molecule has 0 aromatic heterocycles. The van der Waals surface area contributed by atoms with Gasteiger partial charge in [0.2, 0.25) is 0 Å². The van der Waals surface area contributed by atoms with Crippen LogP contribution in [0.2, 0.25) is 0 Å². The molecule has 3 N–H and O–H groups in total. The number of hydrogen-bond donors (Lipinski definition) is 3. The highest BCUT2D eigenvalue weighted by atomic mass is 32.2. The second-order valence-corrected chi connectivity index (χ2v) is 4.84. The molecule has 0 aliphatic heterocycles. The number of hydrogen-bond acceptors (Lipinski definition) is 3.